The Morgan fingerprint density at radius 1 is 1.00 bits per heavy atom. The summed E-state index contributed by atoms with van der Waals surface area (Å²) in [4.78, 5) is 40.7. The van der Waals surface area contributed by atoms with Gasteiger partial charge in [0.05, 0.1) is 0 Å². The number of hydrogen-bond acceptors (Lipinski definition) is 4. The Morgan fingerprint density at radius 2 is 1.69 bits per heavy atom. The van der Waals surface area contributed by atoms with Crippen molar-refractivity contribution in [3.8, 4) is 0 Å². The average molecular weight is 399 g/mol. The Labute approximate surface area is 171 Å². The van der Waals surface area contributed by atoms with Crippen LogP contribution in [0.3, 0.4) is 0 Å². The highest BCUT2D eigenvalue weighted by Crippen LogP contribution is 2.35. The number of amides is 4. The van der Waals surface area contributed by atoms with E-state index in [-0.39, 0.29) is 30.8 Å². The van der Waals surface area contributed by atoms with Gasteiger partial charge in [-0.3, -0.25) is 14.5 Å². The molecule has 29 heavy (non-hydrogen) atoms. The van der Waals surface area contributed by atoms with E-state index >= 15 is 0 Å². The topological polar surface area (TPSA) is 81.8 Å². The first-order chi connectivity index (χ1) is 14.1. The number of piperidine rings is 1. The number of carbonyl (C=O) groups is 3. The molecule has 2 heterocycles. The highest BCUT2D eigenvalue weighted by atomic mass is 16.2. The van der Waals surface area contributed by atoms with Crippen molar-refractivity contribution < 1.29 is 14.4 Å². The number of imide groups is 1. The summed E-state index contributed by atoms with van der Waals surface area (Å²) >= 11 is 0. The van der Waals surface area contributed by atoms with Crippen molar-refractivity contribution in [1.29, 1.82) is 0 Å². The molecule has 3 aliphatic rings. The lowest BCUT2D eigenvalue weighted by molar-refractivity contribution is -0.131. The molecule has 1 aromatic rings. The van der Waals surface area contributed by atoms with Crippen LogP contribution in [0.25, 0.3) is 0 Å². The lowest BCUT2D eigenvalue weighted by Gasteiger charge is -2.28. The van der Waals surface area contributed by atoms with Gasteiger partial charge in [-0.2, -0.15) is 0 Å². The van der Waals surface area contributed by atoms with Gasteiger partial charge >= 0.3 is 6.03 Å². The molecule has 2 saturated heterocycles. The molecular weight excluding hydrogens is 368 g/mol. The van der Waals surface area contributed by atoms with Crippen LogP contribution in [0.2, 0.25) is 0 Å². The predicted molar refractivity (Wildman–Crippen MR) is 112 cm³/mol. The molecule has 156 valence electrons. The Morgan fingerprint density at radius 3 is 2.38 bits per heavy atom. The van der Waals surface area contributed by atoms with Crippen LogP contribution in [-0.4, -0.2) is 47.9 Å². The molecule has 7 nitrogen and oxygen atoms in total. The van der Waals surface area contributed by atoms with Crippen molar-refractivity contribution in [1.82, 2.24) is 10.2 Å². The Bertz CT molecular complexity index is 765. The van der Waals surface area contributed by atoms with Gasteiger partial charge in [0.15, 0.2) is 0 Å². The van der Waals surface area contributed by atoms with Gasteiger partial charge < -0.3 is 15.5 Å². The normalized spacial score (nSPS) is 21.0. The van der Waals surface area contributed by atoms with Crippen LogP contribution < -0.4 is 15.5 Å². The molecule has 0 atom stereocenters. The second-order valence-corrected chi connectivity index (χ2v) is 8.42. The molecule has 4 amide bonds. The zero-order valence-corrected chi connectivity index (χ0v) is 16.9. The molecule has 2 N–H and O–H groups in total. The first-order valence-electron chi connectivity index (χ1n) is 10.9. The predicted octanol–water partition coefficient (Wildman–Crippen LogP) is 3.26. The molecule has 1 saturated carbocycles. The highest BCUT2D eigenvalue weighted by Gasteiger charge is 2.52. The van der Waals surface area contributed by atoms with E-state index in [0.29, 0.717) is 6.42 Å². The van der Waals surface area contributed by atoms with Crippen molar-refractivity contribution in [2.75, 3.05) is 29.9 Å². The van der Waals surface area contributed by atoms with Gasteiger partial charge in [-0.1, -0.05) is 12.8 Å². The van der Waals surface area contributed by atoms with Crippen molar-refractivity contribution >= 4 is 29.2 Å². The van der Waals surface area contributed by atoms with Crippen LogP contribution in [0, 0.1) is 0 Å². The minimum absolute atomic E-state index is 0.0987. The highest BCUT2D eigenvalue weighted by molar-refractivity contribution is 6.07. The number of nitrogens with zero attached hydrogens (tertiary/aromatic N) is 2. The van der Waals surface area contributed by atoms with Crippen molar-refractivity contribution in [3.05, 3.63) is 24.3 Å². The third-order valence-electron chi connectivity index (χ3n) is 6.36. The standard InChI is InChI=1S/C22H30N4O3/c27-19(23-17-8-10-18(11-9-17)25-14-4-1-5-15-25)7-6-16-26-20(28)22(24-21(26)29)12-2-3-13-22/h8-11H,1-7,12-16H2,(H,23,27)(H,24,29). The van der Waals surface area contributed by atoms with E-state index in [9.17, 15) is 14.4 Å². The number of benzene rings is 1. The number of anilines is 2. The summed E-state index contributed by atoms with van der Waals surface area (Å²) in [5, 5.41) is 5.78. The number of hydrogen-bond donors (Lipinski definition) is 2. The summed E-state index contributed by atoms with van der Waals surface area (Å²) in [5.41, 5.74) is 1.30. The number of nitrogens with one attached hydrogen (secondary N) is 2. The molecular formula is C22H30N4O3. The summed E-state index contributed by atoms with van der Waals surface area (Å²) in [7, 11) is 0. The molecule has 1 aromatic carbocycles. The maximum absolute atomic E-state index is 12.6. The minimum atomic E-state index is -0.671. The maximum Gasteiger partial charge on any atom is 0.325 e. The van der Waals surface area contributed by atoms with Crippen LogP contribution in [0.5, 0.6) is 0 Å². The Balaban J connectivity index is 1.23. The Kier molecular flexibility index (Phi) is 5.74. The van der Waals surface area contributed by atoms with E-state index in [1.165, 1.54) is 29.8 Å². The van der Waals surface area contributed by atoms with Gasteiger partial charge in [0, 0.05) is 37.4 Å². The van der Waals surface area contributed by atoms with Crippen molar-refractivity contribution in [2.45, 2.75) is 63.3 Å². The van der Waals surface area contributed by atoms with Gasteiger partial charge in [0.25, 0.3) is 5.91 Å². The van der Waals surface area contributed by atoms with Crippen LogP contribution >= 0.6 is 0 Å². The summed E-state index contributed by atoms with van der Waals surface area (Å²) in [6, 6.07) is 7.65. The molecule has 2 aliphatic heterocycles. The Hall–Kier alpha value is -2.57. The van der Waals surface area contributed by atoms with Gasteiger partial charge in [0.1, 0.15) is 5.54 Å². The fraction of sp³-hybridized carbons (Fsp3) is 0.591. The van der Waals surface area contributed by atoms with Crippen LogP contribution in [0.15, 0.2) is 24.3 Å². The van der Waals surface area contributed by atoms with Gasteiger partial charge in [-0.25, -0.2) is 4.79 Å². The summed E-state index contributed by atoms with van der Waals surface area (Å²) in [5.74, 6) is -0.216. The summed E-state index contributed by atoms with van der Waals surface area (Å²) < 4.78 is 0. The monoisotopic (exact) mass is 398 g/mol. The first-order valence-corrected chi connectivity index (χ1v) is 10.9. The third-order valence-corrected chi connectivity index (χ3v) is 6.36. The van der Waals surface area contributed by atoms with Crippen LogP contribution in [-0.2, 0) is 9.59 Å². The zero-order chi connectivity index (χ0) is 20.3. The van der Waals surface area contributed by atoms with E-state index in [0.717, 1.165) is 44.5 Å². The fourth-order valence-electron chi connectivity index (χ4n) is 4.73. The van der Waals surface area contributed by atoms with Crippen LogP contribution in [0.4, 0.5) is 16.2 Å². The molecule has 1 aliphatic carbocycles. The van der Waals surface area contributed by atoms with Crippen molar-refractivity contribution in [2.24, 2.45) is 0 Å². The maximum atomic E-state index is 12.6. The second-order valence-electron chi connectivity index (χ2n) is 8.42. The number of urea groups is 1. The zero-order valence-electron chi connectivity index (χ0n) is 16.9. The van der Waals surface area contributed by atoms with E-state index in [2.05, 4.69) is 27.7 Å². The molecule has 3 fully saturated rings. The molecule has 0 aromatic heterocycles. The van der Waals surface area contributed by atoms with E-state index in [1.807, 2.05) is 12.1 Å². The summed E-state index contributed by atoms with van der Waals surface area (Å²) in [6.45, 7) is 2.47. The molecule has 0 unspecified atom stereocenters. The van der Waals surface area contributed by atoms with E-state index < -0.39 is 5.54 Å². The van der Waals surface area contributed by atoms with E-state index in [4.69, 9.17) is 0 Å². The smallest absolute Gasteiger partial charge is 0.325 e. The van der Waals surface area contributed by atoms with Gasteiger partial charge in [-0.05, 0) is 62.8 Å². The molecule has 0 radical (unpaired) electrons. The largest absolute Gasteiger partial charge is 0.372 e. The summed E-state index contributed by atoms with van der Waals surface area (Å²) in [6.07, 6.45) is 7.90. The average Bonchev–Trinajstić information content (AvgIpc) is 3.29. The molecule has 0 bridgehead atoms. The molecule has 7 heteroatoms. The van der Waals surface area contributed by atoms with Crippen molar-refractivity contribution in [3.63, 3.8) is 0 Å². The fourth-order valence-corrected chi connectivity index (χ4v) is 4.73. The van der Waals surface area contributed by atoms with Gasteiger partial charge in [0.2, 0.25) is 5.91 Å². The quantitative estimate of drug-likeness (QED) is 0.721. The minimum Gasteiger partial charge on any atom is -0.372 e. The second kappa shape index (κ2) is 8.43. The molecule has 1 spiro atoms. The SMILES string of the molecule is O=C(CCCN1C(=O)NC2(CCCC2)C1=O)Nc1ccc(N2CCCCC2)cc1. The number of carbonyl (C=O) groups excluding carboxylic acids is 3. The van der Waals surface area contributed by atoms with Crippen LogP contribution in [0.1, 0.15) is 57.8 Å². The van der Waals surface area contributed by atoms with E-state index in [1.54, 1.807) is 0 Å². The molecule has 4 rings (SSSR count). The van der Waals surface area contributed by atoms with Gasteiger partial charge in [-0.15, -0.1) is 0 Å². The number of rotatable bonds is 6. The first kappa shape index (κ1) is 19.7. The lowest BCUT2D eigenvalue weighted by Crippen LogP contribution is -2.44. The third kappa shape index (κ3) is 4.23. The lowest BCUT2D eigenvalue weighted by atomic mass is 9.98.